The van der Waals surface area contributed by atoms with Crippen LogP contribution in [0.1, 0.15) is 35.7 Å². The summed E-state index contributed by atoms with van der Waals surface area (Å²) in [5.74, 6) is -1.19. The summed E-state index contributed by atoms with van der Waals surface area (Å²) in [6.07, 6.45) is 3.80. The fourth-order valence-corrected chi connectivity index (χ4v) is 2.27. The first-order valence-electron chi connectivity index (χ1n) is 8.82. The van der Waals surface area contributed by atoms with E-state index in [4.69, 9.17) is 0 Å². The zero-order valence-electron chi connectivity index (χ0n) is 15.7. The van der Waals surface area contributed by atoms with Gasteiger partial charge in [-0.3, -0.25) is 35.3 Å². The van der Waals surface area contributed by atoms with Crippen LogP contribution in [-0.2, 0) is 9.59 Å². The number of hydrogen-bond donors (Lipinski definition) is 3. The monoisotopic (exact) mass is 396 g/mol. The second-order valence-electron chi connectivity index (χ2n) is 6.00. The molecule has 3 amide bonds. The first-order chi connectivity index (χ1) is 13.9. The molecular weight excluding hydrogens is 376 g/mol. The quantitative estimate of drug-likeness (QED) is 0.376. The lowest BCUT2D eigenvalue weighted by Gasteiger charge is -2.07. The smallest absolute Gasteiger partial charge is 0.269 e. The maximum Gasteiger partial charge on any atom is 0.269 e. The average Bonchev–Trinajstić information content (AvgIpc) is 2.71. The van der Waals surface area contributed by atoms with Crippen LogP contribution in [0.25, 0.3) is 6.08 Å². The van der Waals surface area contributed by atoms with E-state index in [1.54, 1.807) is 12.1 Å². The van der Waals surface area contributed by atoms with Gasteiger partial charge in [-0.15, -0.1) is 0 Å². The minimum Gasteiger partial charge on any atom is -0.326 e. The van der Waals surface area contributed by atoms with Crippen molar-refractivity contribution in [2.24, 2.45) is 0 Å². The number of hydrazine groups is 1. The molecule has 0 saturated heterocycles. The summed E-state index contributed by atoms with van der Waals surface area (Å²) in [6, 6.07) is 11.9. The average molecular weight is 396 g/mol. The summed E-state index contributed by atoms with van der Waals surface area (Å²) in [6.45, 7) is 1.91. The molecule has 9 nitrogen and oxygen atoms in total. The van der Waals surface area contributed by atoms with Gasteiger partial charge in [-0.2, -0.15) is 0 Å². The molecule has 3 N–H and O–H groups in total. The third-order valence-corrected chi connectivity index (χ3v) is 3.74. The summed E-state index contributed by atoms with van der Waals surface area (Å²) >= 11 is 0. The van der Waals surface area contributed by atoms with Crippen molar-refractivity contribution in [1.29, 1.82) is 0 Å². The van der Waals surface area contributed by atoms with E-state index < -0.39 is 16.7 Å². The lowest BCUT2D eigenvalue weighted by atomic mass is 10.2. The Morgan fingerprint density at radius 2 is 1.66 bits per heavy atom. The molecule has 150 valence electrons. The fourth-order valence-electron chi connectivity index (χ4n) is 2.27. The van der Waals surface area contributed by atoms with Crippen LogP contribution in [0.15, 0.2) is 54.6 Å². The minimum atomic E-state index is -0.569. The van der Waals surface area contributed by atoms with Gasteiger partial charge in [0.05, 0.1) is 4.92 Å². The van der Waals surface area contributed by atoms with Crippen molar-refractivity contribution in [3.63, 3.8) is 0 Å². The Morgan fingerprint density at radius 3 is 2.24 bits per heavy atom. The summed E-state index contributed by atoms with van der Waals surface area (Å²) in [4.78, 5) is 45.5. The van der Waals surface area contributed by atoms with Gasteiger partial charge in [-0.1, -0.05) is 6.92 Å². The lowest BCUT2D eigenvalue weighted by molar-refractivity contribution is -0.384. The molecule has 0 aliphatic carbocycles. The second kappa shape index (κ2) is 10.4. The van der Waals surface area contributed by atoms with E-state index in [1.807, 2.05) is 6.92 Å². The summed E-state index contributed by atoms with van der Waals surface area (Å²) in [5, 5.41) is 13.3. The van der Waals surface area contributed by atoms with Gasteiger partial charge in [0.1, 0.15) is 0 Å². The van der Waals surface area contributed by atoms with E-state index in [9.17, 15) is 24.5 Å². The highest BCUT2D eigenvalue weighted by atomic mass is 16.6. The number of nitro benzene ring substituents is 1. The van der Waals surface area contributed by atoms with Gasteiger partial charge in [0.2, 0.25) is 5.91 Å². The summed E-state index contributed by atoms with van der Waals surface area (Å²) < 4.78 is 0. The molecule has 2 aromatic carbocycles. The Morgan fingerprint density at radius 1 is 1.00 bits per heavy atom. The van der Waals surface area contributed by atoms with Gasteiger partial charge in [0, 0.05) is 35.9 Å². The number of amides is 3. The molecule has 0 fully saturated rings. The third kappa shape index (κ3) is 6.90. The van der Waals surface area contributed by atoms with Gasteiger partial charge in [0.25, 0.3) is 17.5 Å². The Hall–Kier alpha value is -4.01. The van der Waals surface area contributed by atoms with E-state index in [0.717, 1.165) is 6.42 Å². The molecule has 0 saturated carbocycles. The minimum absolute atomic E-state index is 0.0465. The SMILES string of the molecule is CCCC(=O)Nc1ccc(C(=O)NNC(=O)/C=C/c2ccc([N+](=O)[O-])cc2)cc1. The number of hydrogen-bond acceptors (Lipinski definition) is 5. The molecular formula is C20H20N4O5. The molecule has 0 atom stereocenters. The molecule has 0 spiro atoms. The van der Waals surface area contributed by atoms with Crippen LogP contribution >= 0.6 is 0 Å². The Balaban J connectivity index is 1.84. The van der Waals surface area contributed by atoms with Crippen LogP contribution in [0.3, 0.4) is 0 Å². The van der Waals surface area contributed by atoms with E-state index in [0.29, 0.717) is 23.2 Å². The maximum atomic E-state index is 12.1. The highest BCUT2D eigenvalue weighted by molar-refractivity contribution is 5.98. The van der Waals surface area contributed by atoms with Crippen molar-refractivity contribution in [3.8, 4) is 0 Å². The maximum absolute atomic E-state index is 12.1. The number of nitro groups is 1. The van der Waals surface area contributed by atoms with Crippen LogP contribution in [0, 0.1) is 10.1 Å². The van der Waals surface area contributed by atoms with Gasteiger partial charge in [-0.25, -0.2) is 0 Å². The highest BCUT2D eigenvalue weighted by Gasteiger charge is 2.07. The van der Waals surface area contributed by atoms with Crippen molar-refractivity contribution in [3.05, 3.63) is 75.8 Å². The lowest BCUT2D eigenvalue weighted by Crippen LogP contribution is -2.40. The first-order valence-corrected chi connectivity index (χ1v) is 8.82. The van der Waals surface area contributed by atoms with E-state index in [1.165, 1.54) is 48.6 Å². The van der Waals surface area contributed by atoms with Crippen LogP contribution in [0.5, 0.6) is 0 Å². The summed E-state index contributed by atoms with van der Waals surface area (Å²) in [7, 11) is 0. The molecule has 0 radical (unpaired) electrons. The number of benzene rings is 2. The number of non-ortho nitro benzene ring substituents is 1. The number of carbonyl (C=O) groups is 3. The van der Waals surface area contributed by atoms with E-state index >= 15 is 0 Å². The summed E-state index contributed by atoms with van der Waals surface area (Å²) in [5.41, 5.74) is 5.95. The number of anilines is 1. The van der Waals surface area contributed by atoms with Crippen molar-refractivity contribution in [2.75, 3.05) is 5.32 Å². The predicted octanol–water partition coefficient (Wildman–Crippen LogP) is 2.81. The van der Waals surface area contributed by atoms with Gasteiger partial charge in [0.15, 0.2) is 0 Å². The molecule has 29 heavy (non-hydrogen) atoms. The van der Waals surface area contributed by atoms with Crippen molar-refractivity contribution >= 4 is 35.2 Å². The zero-order chi connectivity index (χ0) is 21.2. The highest BCUT2D eigenvalue weighted by Crippen LogP contribution is 2.13. The Bertz CT molecular complexity index is 921. The predicted molar refractivity (Wildman–Crippen MR) is 108 cm³/mol. The van der Waals surface area contributed by atoms with Crippen molar-refractivity contribution in [1.82, 2.24) is 10.9 Å². The number of carbonyl (C=O) groups excluding carboxylic acids is 3. The molecule has 0 heterocycles. The largest absolute Gasteiger partial charge is 0.326 e. The van der Waals surface area contributed by atoms with Gasteiger partial charge in [-0.05, 0) is 54.5 Å². The molecule has 0 aliphatic rings. The Kier molecular flexibility index (Phi) is 7.60. The van der Waals surface area contributed by atoms with Crippen LogP contribution < -0.4 is 16.2 Å². The Labute approximate surface area is 166 Å². The standard InChI is InChI=1S/C20H20N4O5/c1-2-3-18(25)21-16-9-7-15(8-10-16)20(27)23-22-19(26)13-6-14-4-11-17(12-5-14)24(28)29/h4-13H,2-3H2,1H3,(H,21,25)(H,22,26)(H,23,27)/b13-6+. The fraction of sp³-hybridized carbons (Fsp3) is 0.150. The zero-order valence-corrected chi connectivity index (χ0v) is 15.7. The van der Waals surface area contributed by atoms with Gasteiger partial charge >= 0.3 is 0 Å². The molecule has 0 aliphatic heterocycles. The molecule has 0 unspecified atom stereocenters. The molecule has 2 rings (SSSR count). The molecule has 9 heteroatoms. The topological polar surface area (TPSA) is 130 Å². The number of nitrogens with zero attached hydrogens (tertiary/aromatic N) is 1. The molecule has 0 bridgehead atoms. The third-order valence-electron chi connectivity index (χ3n) is 3.74. The molecule has 2 aromatic rings. The van der Waals surface area contributed by atoms with Crippen molar-refractivity contribution < 1.29 is 19.3 Å². The number of nitrogens with one attached hydrogen (secondary N) is 3. The van der Waals surface area contributed by atoms with E-state index in [-0.39, 0.29) is 11.6 Å². The molecule has 0 aromatic heterocycles. The van der Waals surface area contributed by atoms with Crippen molar-refractivity contribution in [2.45, 2.75) is 19.8 Å². The second-order valence-corrected chi connectivity index (χ2v) is 6.00. The van der Waals surface area contributed by atoms with Crippen LogP contribution in [0.2, 0.25) is 0 Å². The van der Waals surface area contributed by atoms with Crippen LogP contribution in [-0.4, -0.2) is 22.6 Å². The van der Waals surface area contributed by atoms with Crippen LogP contribution in [0.4, 0.5) is 11.4 Å². The first kappa shape index (κ1) is 21.3. The number of rotatable bonds is 7. The van der Waals surface area contributed by atoms with E-state index in [2.05, 4.69) is 16.2 Å². The normalized spacial score (nSPS) is 10.4. The van der Waals surface area contributed by atoms with Gasteiger partial charge < -0.3 is 5.32 Å².